The van der Waals surface area contributed by atoms with Gasteiger partial charge in [-0.05, 0) is 19.1 Å². The Labute approximate surface area is 67.4 Å². The molecule has 1 atom stereocenters. The van der Waals surface area contributed by atoms with Gasteiger partial charge < -0.3 is 0 Å². The molecule has 0 N–H and O–H groups in total. The van der Waals surface area contributed by atoms with Crippen molar-refractivity contribution in [1.82, 2.24) is 0 Å². The lowest BCUT2D eigenvalue weighted by Crippen LogP contribution is -2.07. The molecule has 3 nitrogen and oxygen atoms in total. The second kappa shape index (κ2) is 3.34. The lowest BCUT2D eigenvalue weighted by Gasteiger charge is -1.96. The lowest BCUT2D eigenvalue weighted by atomic mass is 10.3. The van der Waals surface area contributed by atoms with Crippen molar-refractivity contribution in [1.29, 1.82) is 0 Å². The first kappa shape index (κ1) is 8.71. The molecule has 0 spiro atoms. The minimum Gasteiger partial charge on any atom is -0.293 e. The van der Waals surface area contributed by atoms with Crippen molar-refractivity contribution in [3.63, 3.8) is 0 Å². The van der Waals surface area contributed by atoms with Crippen molar-refractivity contribution in [3.8, 4) is 0 Å². The minimum atomic E-state index is -2.74. The van der Waals surface area contributed by atoms with Gasteiger partial charge in [-0.15, -0.1) is 0 Å². The molecule has 11 heavy (non-hydrogen) atoms. The molecule has 1 rings (SSSR count). The minimum absolute atomic E-state index is 0.0416. The van der Waals surface area contributed by atoms with Crippen molar-refractivity contribution >= 4 is 16.1 Å². The number of aliphatic imine (C=N–C) groups is 1. The van der Waals surface area contributed by atoms with Crippen molar-refractivity contribution in [2.45, 2.75) is 25.8 Å². The summed E-state index contributed by atoms with van der Waals surface area (Å²) in [5.74, 6) is 0.572. The molecule has 4 heteroatoms. The van der Waals surface area contributed by atoms with E-state index in [1.165, 1.54) is 0 Å². The number of nitrogens with zero attached hydrogens (tertiary/aromatic N) is 1. The highest BCUT2D eigenvalue weighted by Gasteiger charge is 2.26. The van der Waals surface area contributed by atoms with Crippen LogP contribution in [0.5, 0.6) is 0 Å². The second-order valence-corrected chi connectivity index (χ2v) is 5.03. The molecular weight excluding hydrogens is 162 g/mol. The average molecular weight is 175 g/mol. The Morgan fingerprint density at radius 3 is 2.82 bits per heavy atom. The zero-order valence-electron chi connectivity index (χ0n) is 6.66. The largest absolute Gasteiger partial charge is 0.293 e. The van der Waals surface area contributed by atoms with Crippen molar-refractivity contribution in [2.24, 2.45) is 4.99 Å². The van der Waals surface area contributed by atoms with Gasteiger partial charge in [-0.25, -0.2) is 8.42 Å². The van der Waals surface area contributed by atoms with Crippen LogP contribution >= 0.6 is 0 Å². The fourth-order valence-electron chi connectivity index (χ4n) is 1.15. The molecule has 0 aromatic rings. The molecule has 0 aliphatic carbocycles. The monoisotopic (exact) mass is 175 g/mol. The van der Waals surface area contributed by atoms with Gasteiger partial charge in [-0.1, -0.05) is 6.92 Å². The summed E-state index contributed by atoms with van der Waals surface area (Å²) in [7, 11) is -2.74. The molecule has 1 aliphatic rings. The number of sulfone groups is 1. The van der Waals surface area contributed by atoms with E-state index in [0.717, 1.165) is 6.42 Å². The van der Waals surface area contributed by atoms with Gasteiger partial charge in [0.25, 0.3) is 0 Å². The van der Waals surface area contributed by atoms with Crippen LogP contribution in [0.3, 0.4) is 0 Å². The van der Waals surface area contributed by atoms with Crippen LogP contribution in [-0.2, 0) is 9.84 Å². The summed E-state index contributed by atoms with van der Waals surface area (Å²) < 4.78 is 21.9. The maximum Gasteiger partial charge on any atom is 0.152 e. The predicted octanol–water partition coefficient (Wildman–Crippen LogP) is 0.654. The van der Waals surface area contributed by atoms with Crippen molar-refractivity contribution in [2.75, 3.05) is 11.5 Å². The van der Waals surface area contributed by atoms with Gasteiger partial charge in [0.15, 0.2) is 9.84 Å². The average Bonchev–Trinajstić information content (AvgIpc) is 2.26. The van der Waals surface area contributed by atoms with Gasteiger partial charge in [0.1, 0.15) is 0 Å². The number of hydrogen-bond donors (Lipinski definition) is 0. The van der Waals surface area contributed by atoms with E-state index in [9.17, 15) is 8.42 Å². The standard InChI is InChI=1S/C7H13NO2S/c1-2-4-8-7-3-5-11(9,10)6-7/h4,7H,2-3,5-6H2,1H3/t7-/m1/s1. The predicted molar refractivity (Wildman–Crippen MR) is 45.8 cm³/mol. The molecule has 0 bridgehead atoms. The smallest absolute Gasteiger partial charge is 0.152 e. The van der Waals surface area contributed by atoms with Gasteiger partial charge in [-0.2, -0.15) is 0 Å². The van der Waals surface area contributed by atoms with Gasteiger partial charge >= 0.3 is 0 Å². The Balaban J connectivity index is 2.49. The van der Waals surface area contributed by atoms with Crippen LogP contribution < -0.4 is 0 Å². The summed E-state index contributed by atoms with van der Waals surface area (Å²) in [4.78, 5) is 4.13. The highest BCUT2D eigenvalue weighted by Crippen LogP contribution is 2.13. The van der Waals surface area contributed by atoms with Gasteiger partial charge in [0.2, 0.25) is 0 Å². The van der Waals surface area contributed by atoms with Gasteiger partial charge in [0.05, 0.1) is 17.5 Å². The van der Waals surface area contributed by atoms with Crippen molar-refractivity contribution < 1.29 is 8.42 Å². The number of hydrogen-bond acceptors (Lipinski definition) is 3. The maximum atomic E-state index is 10.9. The second-order valence-electron chi connectivity index (χ2n) is 2.80. The maximum absolute atomic E-state index is 10.9. The Kier molecular flexibility index (Phi) is 2.65. The molecule has 0 amide bonds. The van der Waals surface area contributed by atoms with E-state index in [0.29, 0.717) is 12.2 Å². The molecule has 64 valence electrons. The summed E-state index contributed by atoms with van der Waals surface area (Å²) in [6, 6.07) is 0.0416. The van der Waals surface area contributed by atoms with Crippen molar-refractivity contribution in [3.05, 3.63) is 0 Å². The Morgan fingerprint density at radius 2 is 2.36 bits per heavy atom. The third-order valence-corrected chi connectivity index (χ3v) is 3.46. The first-order valence-electron chi connectivity index (χ1n) is 3.86. The Bertz CT molecular complexity index is 243. The molecule has 1 heterocycles. The summed E-state index contributed by atoms with van der Waals surface area (Å²) in [6.07, 6.45) is 3.39. The quantitative estimate of drug-likeness (QED) is 0.579. The number of rotatable bonds is 2. The molecule has 0 unspecified atom stereocenters. The van der Waals surface area contributed by atoms with Crippen LogP contribution in [0, 0.1) is 0 Å². The zero-order chi connectivity index (χ0) is 8.32. The molecule has 0 aromatic carbocycles. The molecule has 0 saturated carbocycles. The molecule has 1 aliphatic heterocycles. The van der Waals surface area contributed by atoms with E-state index in [2.05, 4.69) is 4.99 Å². The van der Waals surface area contributed by atoms with Gasteiger partial charge in [-0.3, -0.25) is 4.99 Å². The summed E-state index contributed by atoms with van der Waals surface area (Å²) in [5.41, 5.74) is 0. The Hall–Kier alpha value is -0.380. The summed E-state index contributed by atoms with van der Waals surface area (Å²) in [6.45, 7) is 1.99. The van der Waals surface area contributed by atoms with Crippen LogP contribution in [0.2, 0.25) is 0 Å². The molecule has 1 saturated heterocycles. The topological polar surface area (TPSA) is 46.5 Å². The summed E-state index contributed by atoms with van der Waals surface area (Å²) >= 11 is 0. The van der Waals surface area contributed by atoms with E-state index in [1.807, 2.05) is 6.92 Å². The molecule has 1 fully saturated rings. The lowest BCUT2D eigenvalue weighted by molar-refractivity contribution is 0.601. The van der Waals surface area contributed by atoms with Crippen LogP contribution in [0.25, 0.3) is 0 Å². The normalized spacial score (nSPS) is 29.7. The van der Waals surface area contributed by atoms with Crippen LogP contribution in [-0.4, -0.2) is 32.2 Å². The third kappa shape index (κ3) is 2.61. The van der Waals surface area contributed by atoms with Crippen LogP contribution in [0.1, 0.15) is 19.8 Å². The van der Waals surface area contributed by atoms with E-state index in [1.54, 1.807) is 6.21 Å². The molecule has 0 radical (unpaired) electrons. The zero-order valence-corrected chi connectivity index (χ0v) is 7.47. The highest BCUT2D eigenvalue weighted by molar-refractivity contribution is 7.91. The van der Waals surface area contributed by atoms with Crippen LogP contribution in [0.4, 0.5) is 0 Å². The summed E-state index contributed by atoms with van der Waals surface area (Å²) in [5, 5.41) is 0. The fourth-order valence-corrected chi connectivity index (χ4v) is 2.78. The SMILES string of the molecule is CCC=N[C@@H]1CCS(=O)(=O)C1. The molecular formula is C7H13NO2S. The fraction of sp³-hybridized carbons (Fsp3) is 0.857. The first-order chi connectivity index (χ1) is 5.14. The van der Waals surface area contributed by atoms with Crippen LogP contribution in [0.15, 0.2) is 4.99 Å². The van der Waals surface area contributed by atoms with Gasteiger partial charge in [0, 0.05) is 0 Å². The Morgan fingerprint density at radius 1 is 1.64 bits per heavy atom. The first-order valence-corrected chi connectivity index (χ1v) is 5.68. The third-order valence-electron chi connectivity index (χ3n) is 1.71. The van der Waals surface area contributed by atoms with E-state index in [-0.39, 0.29) is 11.8 Å². The van der Waals surface area contributed by atoms with E-state index in [4.69, 9.17) is 0 Å². The highest BCUT2D eigenvalue weighted by atomic mass is 32.2. The van der Waals surface area contributed by atoms with E-state index < -0.39 is 9.84 Å². The van der Waals surface area contributed by atoms with E-state index >= 15 is 0 Å². The molecule has 0 aromatic heterocycles.